The summed E-state index contributed by atoms with van der Waals surface area (Å²) in [5.41, 5.74) is 0.433. The third-order valence-corrected chi connectivity index (χ3v) is 7.01. The van der Waals surface area contributed by atoms with Crippen LogP contribution in [0.15, 0.2) is 24.3 Å². The molecule has 208 valence electrons. The minimum atomic E-state index is -3.86. The molecule has 2 N–H and O–H groups in total. The van der Waals surface area contributed by atoms with E-state index in [1.165, 1.54) is 13.8 Å². The van der Waals surface area contributed by atoms with Gasteiger partial charge < -0.3 is 24.0 Å². The fourth-order valence-electron chi connectivity index (χ4n) is 2.95. The molecule has 11 heteroatoms. The molecule has 0 aromatic carbocycles. The summed E-state index contributed by atoms with van der Waals surface area (Å²) in [6.45, 7) is 9.54. The first-order valence-electron chi connectivity index (χ1n) is 12.4. The molecule has 0 amide bonds. The standard InChI is InChI=1S/C25H43O9PS/c1-20(2)24(27)32-18-22(19-33-25(28)21(3)4)34-23(26)14-11-9-7-5-6-8-10-12-16-36-17-13-15-35(29,30)31/h22H,1,3,5-19H2,2,4H3,(H2,29,30,31). The lowest BCUT2D eigenvalue weighted by molar-refractivity contribution is -0.164. The summed E-state index contributed by atoms with van der Waals surface area (Å²) in [4.78, 5) is 53.0. The van der Waals surface area contributed by atoms with Crippen molar-refractivity contribution in [2.24, 2.45) is 0 Å². The number of carbonyl (C=O) groups excluding carboxylic acids is 3. The van der Waals surface area contributed by atoms with Gasteiger partial charge in [-0.25, -0.2) is 9.59 Å². The Morgan fingerprint density at radius 3 is 1.69 bits per heavy atom. The number of hydrogen-bond acceptors (Lipinski definition) is 8. The van der Waals surface area contributed by atoms with Crippen LogP contribution in [-0.2, 0) is 33.2 Å². The van der Waals surface area contributed by atoms with Crippen molar-refractivity contribution >= 4 is 37.3 Å². The first-order valence-corrected chi connectivity index (χ1v) is 15.3. The lowest BCUT2D eigenvalue weighted by Gasteiger charge is -2.18. The van der Waals surface area contributed by atoms with Gasteiger partial charge in [0.2, 0.25) is 0 Å². The van der Waals surface area contributed by atoms with Crippen LogP contribution >= 0.6 is 19.4 Å². The molecule has 0 rings (SSSR count). The number of carbonyl (C=O) groups is 3. The Morgan fingerprint density at radius 2 is 1.22 bits per heavy atom. The fraction of sp³-hybridized carbons (Fsp3) is 0.720. The maximum Gasteiger partial charge on any atom is 0.333 e. The van der Waals surface area contributed by atoms with Crippen molar-refractivity contribution in [2.45, 2.75) is 84.2 Å². The summed E-state index contributed by atoms with van der Waals surface area (Å²) in [6, 6.07) is 0. The Bertz CT molecular complexity index is 718. The SMILES string of the molecule is C=C(C)C(=O)OCC(COC(=O)C(=C)C)OC(=O)CCCCCCCCCCSCCCP(=O)(O)O. The highest BCUT2D eigenvalue weighted by molar-refractivity contribution is 7.99. The second-order valence-electron chi connectivity index (χ2n) is 8.80. The normalized spacial score (nSPS) is 11.2. The third kappa shape index (κ3) is 21.7. The number of rotatable bonds is 22. The summed E-state index contributed by atoms with van der Waals surface area (Å²) in [7, 11) is -3.86. The fourth-order valence-corrected chi connectivity index (χ4v) is 4.70. The predicted molar refractivity (Wildman–Crippen MR) is 142 cm³/mol. The van der Waals surface area contributed by atoms with Gasteiger partial charge in [-0.3, -0.25) is 9.36 Å². The maximum absolute atomic E-state index is 12.2. The molecule has 0 aromatic rings. The van der Waals surface area contributed by atoms with Gasteiger partial charge in [0.05, 0.1) is 6.16 Å². The molecule has 36 heavy (non-hydrogen) atoms. The van der Waals surface area contributed by atoms with Crippen LogP contribution in [-0.4, -0.2) is 64.7 Å². The van der Waals surface area contributed by atoms with Crippen LogP contribution in [0.1, 0.15) is 78.1 Å². The summed E-state index contributed by atoms with van der Waals surface area (Å²) in [5, 5.41) is 0. The van der Waals surface area contributed by atoms with Crippen LogP contribution in [0, 0.1) is 0 Å². The van der Waals surface area contributed by atoms with Gasteiger partial charge >= 0.3 is 25.5 Å². The maximum atomic E-state index is 12.2. The number of unbranched alkanes of at least 4 members (excludes halogenated alkanes) is 7. The Kier molecular flexibility index (Phi) is 19.5. The monoisotopic (exact) mass is 550 g/mol. The number of hydrogen-bond donors (Lipinski definition) is 2. The van der Waals surface area contributed by atoms with Gasteiger partial charge in [-0.05, 0) is 44.6 Å². The quantitative estimate of drug-likeness (QED) is 0.0626. The summed E-state index contributed by atoms with van der Waals surface area (Å²) < 4.78 is 26.2. The van der Waals surface area contributed by atoms with Gasteiger partial charge in [0.25, 0.3) is 0 Å². The van der Waals surface area contributed by atoms with E-state index in [1.54, 1.807) is 11.8 Å². The average Bonchev–Trinajstić information content (AvgIpc) is 2.79. The summed E-state index contributed by atoms with van der Waals surface area (Å²) in [6.07, 6.45) is 8.12. The van der Waals surface area contributed by atoms with Crippen LogP contribution in [0.4, 0.5) is 0 Å². The second-order valence-corrected chi connectivity index (χ2v) is 11.8. The molecule has 0 aliphatic carbocycles. The van der Waals surface area contributed by atoms with Crippen LogP contribution in [0.2, 0.25) is 0 Å². The number of esters is 3. The lowest BCUT2D eigenvalue weighted by atomic mass is 10.1. The minimum Gasteiger partial charge on any atom is -0.458 e. The Labute approximate surface area is 219 Å². The molecule has 0 aromatic heterocycles. The highest BCUT2D eigenvalue weighted by Crippen LogP contribution is 2.35. The average molecular weight is 551 g/mol. The van der Waals surface area contributed by atoms with E-state index in [0.717, 1.165) is 56.5 Å². The molecular formula is C25H43O9PS. The van der Waals surface area contributed by atoms with Crippen LogP contribution in [0.3, 0.4) is 0 Å². The molecule has 0 bridgehead atoms. The van der Waals surface area contributed by atoms with E-state index in [2.05, 4.69) is 13.2 Å². The highest BCUT2D eigenvalue weighted by atomic mass is 32.2. The highest BCUT2D eigenvalue weighted by Gasteiger charge is 2.20. The van der Waals surface area contributed by atoms with E-state index in [1.807, 2.05) is 0 Å². The minimum absolute atomic E-state index is 0.0337. The van der Waals surface area contributed by atoms with E-state index in [-0.39, 0.29) is 36.9 Å². The van der Waals surface area contributed by atoms with Gasteiger partial charge in [-0.2, -0.15) is 11.8 Å². The van der Waals surface area contributed by atoms with Crippen molar-refractivity contribution in [3.63, 3.8) is 0 Å². The summed E-state index contributed by atoms with van der Waals surface area (Å²) in [5.74, 6) is 0.144. The zero-order chi connectivity index (χ0) is 27.4. The van der Waals surface area contributed by atoms with Gasteiger partial charge in [-0.15, -0.1) is 0 Å². The van der Waals surface area contributed by atoms with E-state index >= 15 is 0 Å². The first kappa shape index (κ1) is 34.4. The largest absolute Gasteiger partial charge is 0.458 e. The first-order chi connectivity index (χ1) is 16.9. The second kappa shape index (κ2) is 20.4. The smallest absolute Gasteiger partial charge is 0.333 e. The van der Waals surface area contributed by atoms with Gasteiger partial charge in [-0.1, -0.05) is 51.7 Å². The summed E-state index contributed by atoms with van der Waals surface area (Å²) >= 11 is 1.74. The molecule has 0 fully saturated rings. The molecule has 0 radical (unpaired) electrons. The zero-order valence-electron chi connectivity index (χ0n) is 21.7. The van der Waals surface area contributed by atoms with Crippen LogP contribution in [0.25, 0.3) is 0 Å². The number of thioether (sulfide) groups is 1. The predicted octanol–water partition coefficient (Wildman–Crippen LogP) is 4.95. The van der Waals surface area contributed by atoms with Crippen molar-refractivity contribution in [2.75, 3.05) is 30.9 Å². The topological polar surface area (TPSA) is 136 Å². The Balaban J connectivity index is 3.91. The molecule has 0 aliphatic heterocycles. The lowest BCUT2D eigenvalue weighted by Crippen LogP contribution is -2.31. The third-order valence-electron chi connectivity index (χ3n) is 4.95. The van der Waals surface area contributed by atoms with E-state index in [9.17, 15) is 18.9 Å². The van der Waals surface area contributed by atoms with Crippen LogP contribution in [0.5, 0.6) is 0 Å². The molecule has 0 atom stereocenters. The molecule has 0 saturated carbocycles. The van der Waals surface area contributed by atoms with Crippen molar-refractivity contribution in [1.29, 1.82) is 0 Å². The van der Waals surface area contributed by atoms with E-state index in [4.69, 9.17) is 24.0 Å². The van der Waals surface area contributed by atoms with Crippen molar-refractivity contribution < 1.29 is 42.9 Å². The molecule has 9 nitrogen and oxygen atoms in total. The molecule has 0 saturated heterocycles. The molecule has 0 unspecified atom stereocenters. The van der Waals surface area contributed by atoms with Crippen molar-refractivity contribution in [1.82, 2.24) is 0 Å². The van der Waals surface area contributed by atoms with Gasteiger partial charge in [0.15, 0.2) is 6.10 Å². The molecule has 0 spiro atoms. The Morgan fingerprint density at radius 1 is 0.778 bits per heavy atom. The van der Waals surface area contributed by atoms with Crippen molar-refractivity contribution in [3.8, 4) is 0 Å². The molecular weight excluding hydrogens is 507 g/mol. The van der Waals surface area contributed by atoms with Gasteiger partial charge in [0, 0.05) is 17.6 Å². The molecule has 0 aliphatic rings. The van der Waals surface area contributed by atoms with E-state index in [0.29, 0.717) is 12.8 Å². The molecule has 0 heterocycles. The van der Waals surface area contributed by atoms with E-state index < -0.39 is 31.6 Å². The van der Waals surface area contributed by atoms with Crippen LogP contribution < -0.4 is 0 Å². The number of ether oxygens (including phenoxy) is 3. The van der Waals surface area contributed by atoms with Crippen molar-refractivity contribution in [3.05, 3.63) is 24.3 Å². The van der Waals surface area contributed by atoms with Gasteiger partial charge in [0.1, 0.15) is 13.2 Å². The zero-order valence-corrected chi connectivity index (χ0v) is 23.4. The Hall–Kier alpha value is -1.61.